The maximum absolute atomic E-state index is 12.9. The third kappa shape index (κ3) is 1.56. The number of nitrogens with zero attached hydrogens (tertiary/aromatic N) is 1. The van der Waals surface area contributed by atoms with Crippen LogP contribution >= 0.6 is 0 Å². The summed E-state index contributed by atoms with van der Waals surface area (Å²) >= 11 is 0. The van der Waals surface area contributed by atoms with Crippen molar-refractivity contribution in [3.63, 3.8) is 0 Å². The van der Waals surface area contributed by atoms with Crippen LogP contribution in [0.4, 0.5) is 4.39 Å². The number of rotatable bonds is 1. The molecule has 0 aliphatic carbocycles. The molecule has 0 aliphatic heterocycles. The van der Waals surface area contributed by atoms with Crippen molar-refractivity contribution in [2.24, 2.45) is 0 Å². The van der Waals surface area contributed by atoms with E-state index in [9.17, 15) is 4.39 Å². The van der Waals surface area contributed by atoms with Crippen molar-refractivity contribution in [3.05, 3.63) is 29.3 Å². The first-order valence-electron chi connectivity index (χ1n) is 3.28. The Labute approximate surface area is 65.3 Å². The lowest BCUT2D eigenvalue weighted by atomic mass is 10.1. The molecule has 0 N–H and O–H groups in total. The third-order valence-electron chi connectivity index (χ3n) is 1.50. The van der Waals surface area contributed by atoms with E-state index in [-0.39, 0.29) is 5.82 Å². The van der Waals surface area contributed by atoms with Crippen LogP contribution in [0.1, 0.15) is 11.1 Å². The molecule has 1 nitrogen and oxygen atoms in total. The van der Waals surface area contributed by atoms with Gasteiger partial charge in [0.1, 0.15) is 5.82 Å². The molecule has 0 fully saturated rings. The minimum atomic E-state index is -0.317. The van der Waals surface area contributed by atoms with Crippen LogP contribution in [0.2, 0.25) is 0 Å². The zero-order chi connectivity index (χ0) is 8.27. The fraction of sp³-hybridized carbons (Fsp3) is 0.222. The minimum absolute atomic E-state index is 0.317. The maximum Gasteiger partial charge on any atom is 0.145 e. The van der Waals surface area contributed by atoms with E-state index in [4.69, 9.17) is 6.42 Å². The summed E-state index contributed by atoms with van der Waals surface area (Å²) < 4.78 is 12.9. The van der Waals surface area contributed by atoms with Gasteiger partial charge in [0, 0.05) is 18.2 Å². The van der Waals surface area contributed by atoms with Crippen molar-refractivity contribution in [1.29, 1.82) is 0 Å². The van der Waals surface area contributed by atoms with Crippen LogP contribution in [0.15, 0.2) is 12.4 Å². The zero-order valence-corrected chi connectivity index (χ0v) is 6.26. The van der Waals surface area contributed by atoms with Gasteiger partial charge in [-0.15, -0.1) is 12.3 Å². The Hall–Kier alpha value is -1.36. The lowest BCUT2D eigenvalue weighted by Gasteiger charge is -2.00. The topological polar surface area (TPSA) is 12.9 Å². The number of terminal acetylenes is 1. The number of pyridine rings is 1. The number of halogens is 1. The van der Waals surface area contributed by atoms with E-state index < -0.39 is 0 Å². The summed E-state index contributed by atoms with van der Waals surface area (Å²) in [5.74, 6) is 2.08. The second-order valence-electron chi connectivity index (χ2n) is 2.30. The van der Waals surface area contributed by atoms with Crippen LogP contribution in [0.3, 0.4) is 0 Å². The Morgan fingerprint density at radius 3 is 2.91 bits per heavy atom. The molecule has 0 aromatic carbocycles. The SMILES string of the molecule is C#CCc1c(C)cncc1F. The van der Waals surface area contributed by atoms with Gasteiger partial charge in [-0.05, 0) is 12.5 Å². The molecule has 0 radical (unpaired) electrons. The Kier molecular flexibility index (Phi) is 2.22. The zero-order valence-electron chi connectivity index (χ0n) is 6.26. The number of hydrogen-bond acceptors (Lipinski definition) is 1. The highest BCUT2D eigenvalue weighted by Gasteiger charge is 2.02. The van der Waals surface area contributed by atoms with Gasteiger partial charge in [0.15, 0.2) is 0 Å². The Bertz CT molecular complexity index is 279. The molecular formula is C9H8FN. The highest BCUT2D eigenvalue weighted by molar-refractivity contribution is 5.26. The van der Waals surface area contributed by atoms with Crippen molar-refractivity contribution in [2.45, 2.75) is 13.3 Å². The summed E-state index contributed by atoms with van der Waals surface area (Å²) in [7, 11) is 0. The minimum Gasteiger partial charge on any atom is -0.261 e. The standard InChI is InChI=1S/C9H8FN/c1-3-4-8-7(2)5-11-6-9(8)10/h1,5-6H,4H2,2H3. The van der Waals surface area contributed by atoms with Gasteiger partial charge < -0.3 is 0 Å². The van der Waals surface area contributed by atoms with Crippen molar-refractivity contribution in [3.8, 4) is 12.3 Å². The molecular weight excluding hydrogens is 141 g/mol. The first-order chi connectivity index (χ1) is 5.25. The third-order valence-corrected chi connectivity index (χ3v) is 1.50. The van der Waals surface area contributed by atoms with Gasteiger partial charge >= 0.3 is 0 Å². The molecule has 0 bridgehead atoms. The fourth-order valence-electron chi connectivity index (χ4n) is 0.885. The van der Waals surface area contributed by atoms with Crippen molar-refractivity contribution in [1.82, 2.24) is 4.98 Å². The maximum atomic E-state index is 12.9. The van der Waals surface area contributed by atoms with Gasteiger partial charge in [0.05, 0.1) is 6.20 Å². The molecule has 0 aliphatic rings. The molecule has 0 spiro atoms. The average Bonchev–Trinajstić information content (AvgIpc) is 1.97. The van der Waals surface area contributed by atoms with Crippen molar-refractivity contribution < 1.29 is 4.39 Å². The number of aryl methyl sites for hydroxylation is 1. The van der Waals surface area contributed by atoms with Gasteiger partial charge in [-0.3, -0.25) is 4.98 Å². The highest BCUT2D eigenvalue weighted by Crippen LogP contribution is 2.10. The summed E-state index contributed by atoms with van der Waals surface area (Å²) in [5, 5.41) is 0. The van der Waals surface area contributed by atoms with Gasteiger partial charge in [0.2, 0.25) is 0 Å². The van der Waals surface area contributed by atoms with Crippen LogP contribution < -0.4 is 0 Å². The molecule has 11 heavy (non-hydrogen) atoms. The first-order valence-corrected chi connectivity index (χ1v) is 3.28. The summed E-state index contributed by atoms with van der Waals surface area (Å²) in [4.78, 5) is 3.68. The Morgan fingerprint density at radius 1 is 1.64 bits per heavy atom. The molecule has 0 amide bonds. The number of hydrogen-bond donors (Lipinski definition) is 0. The van der Waals surface area contributed by atoms with E-state index in [1.807, 2.05) is 0 Å². The molecule has 1 aromatic heterocycles. The fourth-order valence-corrected chi connectivity index (χ4v) is 0.885. The van der Waals surface area contributed by atoms with Crippen molar-refractivity contribution >= 4 is 0 Å². The predicted molar refractivity (Wildman–Crippen MR) is 41.5 cm³/mol. The molecule has 0 atom stereocenters. The van der Waals surface area contributed by atoms with E-state index in [0.717, 1.165) is 5.56 Å². The van der Waals surface area contributed by atoms with E-state index in [2.05, 4.69) is 10.9 Å². The summed E-state index contributed by atoms with van der Waals surface area (Å²) in [6, 6.07) is 0. The summed E-state index contributed by atoms with van der Waals surface area (Å²) in [6.45, 7) is 1.79. The molecule has 1 heterocycles. The normalized spacial score (nSPS) is 9.18. The molecule has 0 saturated carbocycles. The van der Waals surface area contributed by atoms with E-state index >= 15 is 0 Å². The van der Waals surface area contributed by atoms with E-state index in [0.29, 0.717) is 12.0 Å². The molecule has 0 saturated heterocycles. The predicted octanol–water partition coefficient (Wildman–Crippen LogP) is 1.70. The monoisotopic (exact) mass is 149 g/mol. The summed E-state index contributed by atoms with van der Waals surface area (Å²) in [5.41, 5.74) is 1.38. The molecule has 2 heteroatoms. The molecule has 1 aromatic rings. The largest absolute Gasteiger partial charge is 0.261 e. The number of aromatic nitrogens is 1. The van der Waals surface area contributed by atoms with Gasteiger partial charge in [0.25, 0.3) is 0 Å². The summed E-state index contributed by atoms with van der Waals surface area (Å²) in [6.07, 6.45) is 8.18. The van der Waals surface area contributed by atoms with Gasteiger partial charge in [-0.1, -0.05) is 0 Å². The molecule has 0 unspecified atom stereocenters. The Balaban J connectivity index is 3.12. The highest BCUT2D eigenvalue weighted by atomic mass is 19.1. The quantitative estimate of drug-likeness (QED) is 0.554. The van der Waals surface area contributed by atoms with Crippen molar-refractivity contribution in [2.75, 3.05) is 0 Å². The first kappa shape index (κ1) is 7.74. The second kappa shape index (κ2) is 3.16. The van der Waals surface area contributed by atoms with Gasteiger partial charge in [-0.25, -0.2) is 4.39 Å². The molecule has 1 rings (SSSR count). The van der Waals surface area contributed by atoms with Crippen LogP contribution in [0.5, 0.6) is 0 Å². The lowest BCUT2D eigenvalue weighted by Crippen LogP contribution is -1.93. The van der Waals surface area contributed by atoms with Crippen LogP contribution in [0, 0.1) is 25.1 Å². The average molecular weight is 149 g/mol. The molecule has 56 valence electrons. The lowest BCUT2D eigenvalue weighted by molar-refractivity contribution is 0.607. The van der Waals surface area contributed by atoms with Crippen LogP contribution in [0.25, 0.3) is 0 Å². The van der Waals surface area contributed by atoms with E-state index in [1.165, 1.54) is 6.20 Å². The van der Waals surface area contributed by atoms with Gasteiger partial charge in [-0.2, -0.15) is 0 Å². The second-order valence-corrected chi connectivity index (χ2v) is 2.30. The van der Waals surface area contributed by atoms with E-state index in [1.54, 1.807) is 13.1 Å². The van der Waals surface area contributed by atoms with Crippen LogP contribution in [-0.2, 0) is 6.42 Å². The van der Waals surface area contributed by atoms with Crippen LogP contribution in [-0.4, -0.2) is 4.98 Å². The smallest absolute Gasteiger partial charge is 0.145 e. The Morgan fingerprint density at radius 2 is 2.36 bits per heavy atom.